The second-order valence-electron chi connectivity index (χ2n) is 8.08. The molecule has 1 aliphatic heterocycles. The number of ether oxygens (including phenoxy) is 1. The van der Waals surface area contributed by atoms with Crippen molar-refractivity contribution in [3.8, 4) is 11.4 Å². The fourth-order valence-corrected chi connectivity index (χ4v) is 4.78. The van der Waals surface area contributed by atoms with Gasteiger partial charge in [-0.2, -0.15) is 0 Å². The molecule has 1 aliphatic rings. The standard InChI is InChI=1S/C26H24N6O2S/c1-17(33)29-21-15-18(10-11-23(21)34-2)32-25(24(30-26(32)35)20-8-3-4-13-28-20)22-9-6-14-31(22)19-7-5-12-27-16-19/h3-16,24-25H,1-2H3,(H,29,33)(H,30,35)/t24-,25-/m1/s1. The van der Waals surface area contributed by atoms with Gasteiger partial charge >= 0.3 is 0 Å². The second kappa shape index (κ2) is 9.55. The Morgan fingerprint density at radius 1 is 1.09 bits per heavy atom. The summed E-state index contributed by atoms with van der Waals surface area (Å²) in [4.78, 5) is 22.8. The van der Waals surface area contributed by atoms with E-state index < -0.39 is 0 Å². The molecule has 0 spiro atoms. The number of carbonyl (C=O) groups is 1. The first-order valence-corrected chi connectivity index (χ1v) is 11.5. The van der Waals surface area contributed by atoms with Gasteiger partial charge in [-0.15, -0.1) is 0 Å². The Morgan fingerprint density at radius 2 is 1.97 bits per heavy atom. The molecule has 1 aromatic carbocycles. The normalized spacial score (nSPS) is 17.2. The van der Waals surface area contributed by atoms with Gasteiger partial charge in [-0.05, 0) is 66.8 Å². The third-order valence-corrected chi connectivity index (χ3v) is 6.19. The van der Waals surface area contributed by atoms with Gasteiger partial charge in [0.1, 0.15) is 11.8 Å². The van der Waals surface area contributed by atoms with Gasteiger partial charge in [0, 0.05) is 36.9 Å². The number of rotatable bonds is 6. The molecule has 5 rings (SSSR count). The van der Waals surface area contributed by atoms with Crippen molar-refractivity contribution in [3.63, 3.8) is 0 Å². The van der Waals surface area contributed by atoms with Gasteiger partial charge in [0.2, 0.25) is 5.91 Å². The number of anilines is 2. The quantitative estimate of drug-likeness (QED) is 0.392. The van der Waals surface area contributed by atoms with Gasteiger partial charge in [-0.3, -0.25) is 14.8 Å². The highest BCUT2D eigenvalue weighted by Crippen LogP contribution is 2.43. The number of nitrogens with one attached hydrogen (secondary N) is 2. The molecule has 0 radical (unpaired) electrons. The average Bonchev–Trinajstić information content (AvgIpc) is 3.49. The molecule has 0 aliphatic carbocycles. The zero-order valence-electron chi connectivity index (χ0n) is 19.3. The number of aromatic nitrogens is 3. The third kappa shape index (κ3) is 4.33. The molecule has 1 fully saturated rings. The molecule has 4 heterocycles. The minimum absolute atomic E-state index is 0.184. The van der Waals surface area contributed by atoms with Gasteiger partial charge in [0.15, 0.2) is 5.11 Å². The number of amides is 1. The van der Waals surface area contributed by atoms with Crippen LogP contribution in [0.5, 0.6) is 5.75 Å². The highest BCUT2D eigenvalue weighted by molar-refractivity contribution is 7.80. The summed E-state index contributed by atoms with van der Waals surface area (Å²) >= 11 is 5.85. The Hall–Kier alpha value is -4.24. The Bertz CT molecular complexity index is 1360. The molecule has 0 unspecified atom stereocenters. The van der Waals surface area contributed by atoms with E-state index in [1.54, 1.807) is 19.5 Å². The van der Waals surface area contributed by atoms with Crippen LogP contribution in [0.15, 0.2) is 85.5 Å². The smallest absolute Gasteiger partial charge is 0.221 e. The molecule has 8 nitrogen and oxygen atoms in total. The van der Waals surface area contributed by atoms with E-state index in [4.69, 9.17) is 17.0 Å². The summed E-state index contributed by atoms with van der Waals surface area (Å²) in [7, 11) is 1.57. The minimum Gasteiger partial charge on any atom is -0.495 e. The van der Waals surface area contributed by atoms with Gasteiger partial charge in [0.25, 0.3) is 0 Å². The number of hydrogen-bond acceptors (Lipinski definition) is 5. The molecular formula is C26H24N6O2S. The number of thiocarbonyl (C=S) groups is 1. The lowest BCUT2D eigenvalue weighted by atomic mass is 10.0. The molecule has 1 saturated heterocycles. The largest absolute Gasteiger partial charge is 0.495 e. The van der Waals surface area contributed by atoms with Crippen molar-refractivity contribution in [3.05, 3.63) is 96.8 Å². The lowest BCUT2D eigenvalue weighted by Gasteiger charge is -2.29. The highest BCUT2D eigenvalue weighted by atomic mass is 32.1. The summed E-state index contributed by atoms with van der Waals surface area (Å²) in [6, 6.07) is 19.1. The Morgan fingerprint density at radius 3 is 2.69 bits per heavy atom. The first-order valence-electron chi connectivity index (χ1n) is 11.1. The van der Waals surface area contributed by atoms with Gasteiger partial charge in [0.05, 0.1) is 36.4 Å². The lowest BCUT2D eigenvalue weighted by molar-refractivity contribution is -0.114. The molecule has 35 heavy (non-hydrogen) atoms. The first-order chi connectivity index (χ1) is 17.1. The molecule has 0 saturated carbocycles. The summed E-state index contributed by atoms with van der Waals surface area (Å²) in [6.45, 7) is 1.47. The predicted molar refractivity (Wildman–Crippen MR) is 139 cm³/mol. The molecule has 0 bridgehead atoms. The minimum atomic E-state index is -0.230. The van der Waals surface area contributed by atoms with Crippen LogP contribution in [-0.2, 0) is 4.79 Å². The maximum atomic E-state index is 11.8. The maximum absolute atomic E-state index is 11.8. The van der Waals surface area contributed by atoms with E-state index in [2.05, 4.69) is 36.1 Å². The van der Waals surface area contributed by atoms with Crippen LogP contribution in [0.4, 0.5) is 11.4 Å². The highest BCUT2D eigenvalue weighted by Gasteiger charge is 2.42. The van der Waals surface area contributed by atoms with E-state index in [1.165, 1.54) is 6.92 Å². The fourth-order valence-electron chi connectivity index (χ4n) is 4.43. The van der Waals surface area contributed by atoms with Crippen LogP contribution >= 0.6 is 12.2 Å². The summed E-state index contributed by atoms with van der Waals surface area (Å²) in [6.07, 6.45) is 7.37. The SMILES string of the molecule is COc1ccc(N2C(=S)N[C@H](c3ccccn3)[C@H]2c2cccn2-c2cccnc2)cc1NC(C)=O. The van der Waals surface area contributed by atoms with Crippen LogP contribution in [0.1, 0.15) is 30.4 Å². The summed E-state index contributed by atoms with van der Waals surface area (Å²) in [5, 5.41) is 6.88. The first kappa shape index (κ1) is 22.5. The van der Waals surface area contributed by atoms with Crippen molar-refractivity contribution < 1.29 is 9.53 Å². The van der Waals surface area contributed by atoms with Crippen molar-refractivity contribution in [1.29, 1.82) is 0 Å². The molecule has 4 aromatic rings. The van der Waals surface area contributed by atoms with Crippen LogP contribution in [0.3, 0.4) is 0 Å². The van der Waals surface area contributed by atoms with Crippen molar-refractivity contribution >= 4 is 34.6 Å². The predicted octanol–water partition coefficient (Wildman–Crippen LogP) is 4.41. The van der Waals surface area contributed by atoms with Crippen LogP contribution in [0, 0.1) is 0 Å². The van der Waals surface area contributed by atoms with Crippen molar-refractivity contribution in [2.45, 2.75) is 19.0 Å². The van der Waals surface area contributed by atoms with Gasteiger partial charge in [-0.1, -0.05) is 6.07 Å². The molecule has 9 heteroatoms. The lowest BCUT2D eigenvalue weighted by Crippen LogP contribution is -2.30. The van der Waals surface area contributed by atoms with Gasteiger partial charge in [-0.25, -0.2) is 0 Å². The van der Waals surface area contributed by atoms with E-state index in [-0.39, 0.29) is 18.0 Å². The van der Waals surface area contributed by atoms with E-state index in [9.17, 15) is 4.79 Å². The van der Waals surface area contributed by atoms with Crippen LogP contribution in [0.25, 0.3) is 5.69 Å². The van der Waals surface area contributed by atoms with Gasteiger partial charge < -0.3 is 24.8 Å². The number of carbonyl (C=O) groups excluding carboxylic acids is 1. The molecular weight excluding hydrogens is 460 g/mol. The number of benzene rings is 1. The Kier molecular flexibility index (Phi) is 6.15. The monoisotopic (exact) mass is 484 g/mol. The Balaban J connectivity index is 1.66. The number of hydrogen-bond donors (Lipinski definition) is 2. The second-order valence-corrected chi connectivity index (χ2v) is 8.46. The molecule has 2 atom stereocenters. The van der Waals surface area contributed by atoms with Crippen molar-refractivity contribution in [1.82, 2.24) is 19.9 Å². The average molecular weight is 485 g/mol. The fraction of sp³-hybridized carbons (Fsp3) is 0.154. The van der Waals surface area contributed by atoms with Crippen LogP contribution in [0.2, 0.25) is 0 Å². The van der Waals surface area contributed by atoms with Crippen molar-refractivity contribution in [2.24, 2.45) is 0 Å². The van der Waals surface area contributed by atoms with Crippen LogP contribution in [-0.4, -0.2) is 32.7 Å². The number of pyridine rings is 2. The topological polar surface area (TPSA) is 84.3 Å². The molecule has 3 aromatic heterocycles. The molecule has 2 N–H and O–H groups in total. The third-order valence-electron chi connectivity index (χ3n) is 5.88. The Labute approximate surface area is 208 Å². The summed E-state index contributed by atoms with van der Waals surface area (Å²) < 4.78 is 7.56. The van der Waals surface area contributed by atoms with Crippen LogP contribution < -0.4 is 20.3 Å². The van der Waals surface area contributed by atoms with Crippen molar-refractivity contribution in [2.75, 3.05) is 17.3 Å². The zero-order chi connectivity index (χ0) is 24.4. The summed E-state index contributed by atoms with van der Waals surface area (Å²) in [5.74, 6) is 0.384. The van der Waals surface area contributed by atoms with E-state index in [0.717, 1.165) is 22.8 Å². The van der Waals surface area contributed by atoms with E-state index in [0.29, 0.717) is 16.5 Å². The van der Waals surface area contributed by atoms with E-state index in [1.807, 2.05) is 67.0 Å². The maximum Gasteiger partial charge on any atom is 0.221 e. The summed E-state index contributed by atoms with van der Waals surface area (Å²) in [5.41, 5.74) is 4.21. The zero-order valence-corrected chi connectivity index (χ0v) is 20.1. The molecule has 176 valence electrons. The molecule has 1 amide bonds. The number of nitrogens with zero attached hydrogens (tertiary/aromatic N) is 4. The number of methoxy groups -OCH3 is 1. The van der Waals surface area contributed by atoms with E-state index >= 15 is 0 Å².